The van der Waals surface area contributed by atoms with Crippen molar-refractivity contribution in [3.05, 3.63) is 42.0 Å². The molecule has 3 rings (SSSR count). The van der Waals surface area contributed by atoms with E-state index >= 15 is 0 Å². The first-order chi connectivity index (χ1) is 9.24. The van der Waals surface area contributed by atoms with Crippen LogP contribution in [0.3, 0.4) is 0 Å². The molecule has 0 aromatic heterocycles. The maximum Gasteiger partial charge on any atom is 0.161 e. The van der Waals surface area contributed by atoms with Crippen LogP contribution >= 0.6 is 0 Å². The van der Waals surface area contributed by atoms with Crippen LogP contribution in [0.15, 0.2) is 36.4 Å². The van der Waals surface area contributed by atoms with E-state index in [2.05, 4.69) is 48.3 Å². The van der Waals surface area contributed by atoms with Crippen molar-refractivity contribution in [2.75, 3.05) is 26.2 Å². The third-order valence-electron chi connectivity index (χ3n) is 3.62. The van der Waals surface area contributed by atoms with Gasteiger partial charge in [0.1, 0.15) is 0 Å². The molecule has 0 spiro atoms. The Morgan fingerprint density at radius 2 is 1.63 bits per heavy atom. The Bertz CT molecular complexity index is 622. The minimum atomic E-state index is 0.778. The Balaban J connectivity index is 2.24. The third-order valence-corrected chi connectivity index (χ3v) is 3.62. The second kappa shape index (κ2) is 4.50. The summed E-state index contributed by atoms with van der Waals surface area (Å²) in [7, 11) is 5.45. The van der Waals surface area contributed by atoms with E-state index in [1.54, 1.807) is 14.2 Å². The second-order valence-electron chi connectivity index (χ2n) is 4.74. The van der Waals surface area contributed by atoms with Crippen LogP contribution in [0.25, 0.3) is 11.1 Å². The molecule has 3 heteroatoms. The molecule has 1 aliphatic heterocycles. The molecular formula is C16H17NO2. The van der Waals surface area contributed by atoms with Gasteiger partial charge in [0.2, 0.25) is 0 Å². The Kier molecular flexibility index (Phi) is 2.82. The van der Waals surface area contributed by atoms with Gasteiger partial charge in [0.05, 0.1) is 14.2 Å². The molecule has 2 aromatic carbocycles. The molecule has 0 saturated carbocycles. The maximum atomic E-state index is 5.41. The summed E-state index contributed by atoms with van der Waals surface area (Å²) in [6.45, 7) is 0.882. The van der Waals surface area contributed by atoms with Gasteiger partial charge >= 0.3 is 0 Å². The minimum absolute atomic E-state index is 0.778. The summed E-state index contributed by atoms with van der Waals surface area (Å²) in [6.07, 6.45) is 0. The first-order valence-corrected chi connectivity index (χ1v) is 6.30. The van der Waals surface area contributed by atoms with Gasteiger partial charge in [-0.25, -0.2) is 0 Å². The van der Waals surface area contributed by atoms with E-state index in [-0.39, 0.29) is 0 Å². The molecule has 0 aliphatic carbocycles. The fourth-order valence-electron chi connectivity index (χ4n) is 2.68. The fraction of sp³-hybridized carbons (Fsp3) is 0.250. The van der Waals surface area contributed by atoms with Crippen molar-refractivity contribution in [2.45, 2.75) is 6.54 Å². The number of hydrogen-bond donors (Lipinski definition) is 0. The third kappa shape index (κ3) is 1.82. The summed E-state index contributed by atoms with van der Waals surface area (Å²) in [5, 5.41) is 0. The highest BCUT2D eigenvalue weighted by Crippen LogP contribution is 2.43. The quantitative estimate of drug-likeness (QED) is 0.821. The number of hydrogen-bond acceptors (Lipinski definition) is 3. The number of nitrogens with zero attached hydrogens (tertiary/aromatic N) is 1. The largest absolute Gasteiger partial charge is 0.493 e. The van der Waals surface area contributed by atoms with Crippen molar-refractivity contribution in [3.8, 4) is 22.6 Å². The first kappa shape index (κ1) is 11.9. The van der Waals surface area contributed by atoms with Crippen LogP contribution in [-0.4, -0.2) is 21.3 Å². The molecule has 0 saturated heterocycles. The molecule has 0 fully saturated rings. The first-order valence-electron chi connectivity index (χ1n) is 6.30. The zero-order valence-electron chi connectivity index (χ0n) is 11.4. The summed E-state index contributed by atoms with van der Waals surface area (Å²) < 4.78 is 10.8. The molecular weight excluding hydrogens is 238 g/mol. The summed E-state index contributed by atoms with van der Waals surface area (Å²) >= 11 is 0. The van der Waals surface area contributed by atoms with Crippen molar-refractivity contribution in [1.29, 1.82) is 0 Å². The zero-order valence-corrected chi connectivity index (χ0v) is 11.4. The average Bonchev–Trinajstić information content (AvgIpc) is 2.46. The lowest BCUT2D eigenvalue weighted by molar-refractivity contribution is 0.354. The number of ether oxygens (including phenoxy) is 2. The van der Waals surface area contributed by atoms with Crippen molar-refractivity contribution in [2.24, 2.45) is 0 Å². The molecule has 0 bridgehead atoms. The molecule has 0 unspecified atom stereocenters. The zero-order chi connectivity index (χ0) is 13.4. The van der Waals surface area contributed by atoms with Crippen molar-refractivity contribution in [1.82, 2.24) is 0 Å². The molecule has 3 nitrogen and oxygen atoms in total. The molecule has 19 heavy (non-hydrogen) atoms. The van der Waals surface area contributed by atoms with Gasteiger partial charge in [-0.05, 0) is 29.3 Å². The van der Waals surface area contributed by atoms with Crippen LogP contribution in [0.5, 0.6) is 11.5 Å². The highest BCUT2D eigenvalue weighted by molar-refractivity contribution is 5.84. The van der Waals surface area contributed by atoms with Gasteiger partial charge in [-0.15, -0.1) is 0 Å². The molecule has 1 aliphatic rings. The maximum absolute atomic E-state index is 5.41. The lowest BCUT2D eigenvalue weighted by Gasteiger charge is -2.30. The molecule has 98 valence electrons. The number of methoxy groups -OCH3 is 2. The van der Waals surface area contributed by atoms with Crippen molar-refractivity contribution in [3.63, 3.8) is 0 Å². The lowest BCUT2D eigenvalue weighted by atomic mass is 9.93. The number of para-hydroxylation sites is 1. The van der Waals surface area contributed by atoms with E-state index < -0.39 is 0 Å². The van der Waals surface area contributed by atoms with Crippen LogP contribution in [0.1, 0.15) is 5.56 Å². The normalized spacial score (nSPS) is 12.7. The summed E-state index contributed by atoms with van der Waals surface area (Å²) in [5.74, 6) is 1.56. The highest BCUT2D eigenvalue weighted by Gasteiger charge is 2.21. The van der Waals surface area contributed by atoms with Gasteiger partial charge in [-0.1, -0.05) is 18.2 Å². The number of benzene rings is 2. The summed E-state index contributed by atoms with van der Waals surface area (Å²) in [6, 6.07) is 12.6. The number of fused-ring (bicyclic) bond motifs is 3. The molecule has 0 N–H and O–H groups in total. The monoisotopic (exact) mass is 255 g/mol. The van der Waals surface area contributed by atoms with Gasteiger partial charge in [0.15, 0.2) is 11.5 Å². The van der Waals surface area contributed by atoms with Gasteiger partial charge in [0, 0.05) is 24.8 Å². The molecule has 2 aromatic rings. The van der Waals surface area contributed by atoms with Crippen molar-refractivity contribution >= 4 is 5.69 Å². The van der Waals surface area contributed by atoms with Crippen LogP contribution < -0.4 is 14.4 Å². The van der Waals surface area contributed by atoms with Crippen LogP contribution in [0.2, 0.25) is 0 Å². The number of anilines is 1. The van der Waals surface area contributed by atoms with Crippen molar-refractivity contribution < 1.29 is 9.47 Å². The van der Waals surface area contributed by atoms with Gasteiger partial charge in [0.25, 0.3) is 0 Å². The molecule has 0 atom stereocenters. The SMILES string of the molecule is COc1cc2c(cc1OC)-c1ccccc1N(C)C2. The van der Waals surface area contributed by atoms with E-state index in [4.69, 9.17) is 9.47 Å². The standard InChI is InChI=1S/C16H17NO2/c1-17-10-11-8-15(18-2)16(19-3)9-13(11)12-6-4-5-7-14(12)17/h4-9H,10H2,1-3H3. The minimum Gasteiger partial charge on any atom is -0.493 e. The fourth-order valence-corrected chi connectivity index (χ4v) is 2.68. The predicted molar refractivity (Wildman–Crippen MR) is 77.1 cm³/mol. The van der Waals surface area contributed by atoms with Crippen LogP contribution in [-0.2, 0) is 6.54 Å². The van der Waals surface area contributed by atoms with Gasteiger partial charge in [-0.2, -0.15) is 0 Å². The smallest absolute Gasteiger partial charge is 0.161 e. The number of rotatable bonds is 2. The lowest BCUT2D eigenvalue weighted by Crippen LogP contribution is -2.21. The second-order valence-corrected chi connectivity index (χ2v) is 4.74. The van der Waals surface area contributed by atoms with E-state index in [9.17, 15) is 0 Å². The van der Waals surface area contributed by atoms with Crippen LogP contribution in [0.4, 0.5) is 5.69 Å². The molecule has 0 radical (unpaired) electrons. The van der Waals surface area contributed by atoms with E-state index in [0.717, 1.165) is 18.0 Å². The topological polar surface area (TPSA) is 21.7 Å². The Hall–Kier alpha value is -2.16. The Labute approximate surface area is 113 Å². The van der Waals surface area contributed by atoms with Gasteiger partial charge < -0.3 is 14.4 Å². The van der Waals surface area contributed by atoms with E-state index in [1.807, 2.05) is 0 Å². The summed E-state index contributed by atoms with van der Waals surface area (Å²) in [4.78, 5) is 2.25. The average molecular weight is 255 g/mol. The highest BCUT2D eigenvalue weighted by atomic mass is 16.5. The van der Waals surface area contributed by atoms with E-state index in [0.29, 0.717) is 0 Å². The molecule has 0 amide bonds. The van der Waals surface area contributed by atoms with Crippen LogP contribution in [0, 0.1) is 0 Å². The molecule has 1 heterocycles. The predicted octanol–water partition coefficient (Wildman–Crippen LogP) is 3.32. The van der Waals surface area contributed by atoms with Gasteiger partial charge in [-0.3, -0.25) is 0 Å². The van der Waals surface area contributed by atoms with E-state index in [1.165, 1.54) is 22.4 Å². The Morgan fingerprint density at radius 3 is 2.37 bits per heavy atom. The summed E-state index contributed by atoms with van der Waals surface area (Å²) in [5.41, 5.74) is 4.99. The Morgan fingerprint density at radius 1 is 0.947 bits per heavy atom.